The van der Waals surface area contributed by atoms with Crippen molar-refractivity contribution in [2.24, 2.45) is 0 Å². The third-order valence-electron chi connectivity index (χ3n) is 8.35. The Kier molecular flexibility index (Phi) is 6.20. The highest BCUT2D eigenvalue weighted by Gasteiger charge is 2.19. The van der Waals surface area contributed by atoms with Crippen LogP contribution in [0.25, 0.3) is 72.0 Å². The molecule has 7 aromatic carbocycles. The van der Waals surface area contributed by atoms with E-state index >= 15 is 0 Å². The molecule has 0 aliphatic carbocycles. The Balaban J connectivity index is 1.50. The predicted octanol–water partition coefficient (Wildman–Crippen LogP) is 11.5. The SMILES string of the molecule is c1ccc(-c2cc(-c3ccccc3)cc(-n3c4ccccc4c4cc(-c5ccccc5)cc(-c5ccccc5)c43)c2)cc1. The van der Waals surface area contributed by atoms with Gasteiger partial charge in [0.25, 0.3) is 0 Å². The van der Waals surface area contributed by atoms with Gasteiger partial charge in [0.05, 0.1) is 11.0 Å². The Labute approximate surface area is 251 Å². The highest BCUT2D eigenvalue weighted by molar-refractivity contribution is 6.15. The highest BCUT2D eigenvalue weighted by atomic mass is 15.0. The van der Waals surface area contributed by atoms with Crippen molar-refractivity contribution in [1.29, 1.82) is 0 Å². The lowest BCUT2D eigenvalue weighted by Crippen LogP contribution is -1.98. The Morgan fingerprint density at radius 2 is 0.744 bits per heavy atom. The maximum absolute atomic E-state index is 2.47. The van der Waals surface area contributed by atoms with Crippen LogP contribution in [-0.4, -0.2) is 4.57 Å². The Hall–Kier alpha value is -5.66. The molecule has 0 aliphatic rings. The molecule has 1 heterocycles. The molecule has 1 aromatic heterocycles. The van der Waals surface area contributed by atoms with Crippen LogP contribution in [0.2, 0.25) is 0 Å². The van der Waals surface area contributed by atoms with Crippen molar-refractivity contribution >= 4 is 21.8 Å². The van der Waals surface area contributed by atoms with E-state index in [0.717, 1.165) is 5.69 Å². The molecule has 0 bridgehead atoms. The molecule has 202 valence electrons. The number of rotatable bonds is 5. The van der Waals surface area contributed by atoms with Crippen molar-refractivity contribution in [3.05, 3.63) is 176 Å². The number of hydrogen-bond donors (Lipinski definition) is 0. The summed E-state index contributed by atoms with van der Waals surface area (Å²) in [5.74, 6) is 0. The first-order valence-corrected chi connectivity index (χ1v) is 14.8. The van der Waals surface area contributed by atoms with Crippen molar-refractivity contribution in [3.63, 3.8) is 0 Å². The summed E-state index contributed by atoms with van der Waals surface area (Å²) < 4.78 is 2.47. The van der Waals surface area contributed by atoms with Gasteiger partial charge < -0.3 is 4.57 Å². The van der Waals surface area contributed by atoms with E-state index in [4.69, 9.17) is 0 Å². The van der Waals surface area contributed by atoms with Crippen LogP contribution in [0.3, 0.4) is 0 Å². The lowest BCUT2D eigenvalue weighted by atomic mass is 9.95. The molecule has 0 fully saturated rings. The maximum Gasteiger partial charge on any atom is 0.0619 e. The van der Waals surface area contributed by atoms with E-state index in [1.807, 2.05) is 0 Å². The van der Waals surface area contributed by atoms with E-state index in [9.17, 15) is 0 Å². The van der Waals surface area contributed by atoms with E-state index in [1.54, 1.807) is 0 Å². The standard InChI is InChI=1S/C42H29N/c1-5-15-30(16-6-1)34-25-35(31-17-7-2-8-18-31)27-37(26-34)43-41-24-14-13-23-38(41)40-29-36(32-19-9-3-10-20-32)28-39(42(40)43)33-21-11-4-12-22-33/h1-29H. The Morgan fingerprint density at radius 3 is 1.28 bits per heavy atom. The second-order valence-electron chi connectivity index (χ2n) is 11.0. The Bertz CT molecular complexity index is 2140. The highest BCUT2D eigenvalue weighted by Crippen LogP contribution is 2.42. The quantitative estimate of drug-likeness (QED) is 0.202. The lowest BCUT2D eigenvalue weighted by Gasteiger charge is -2.16. The normalized spacial score (nSPS) is 11.3. The van der Waals surface area contributed by atoms with E-state index in [-0.39, 0.29) is 0 Å². The fourth-order valence-corrected chi connectivity index (χ4v) is 6.34. The van der Waals surface area contributed by atoms with E-state index < -0.39 is 0 Å². The van der Waals surface area contributed by atoms with E-state index in [0.29, 0.717) is 0 Å². The van der Waals surface area contributed by atoms with Crippen LogP contribution in [0.5, 0.6) is 0 Å². The number of benzene rings is 7. The van der Waals surface area contributed by atoms with Crippen molar-refractivity contribution in [2.75, 3.05) is 0 Å². The zero-order valence-electron chi connectivity index (χ0n) is 23.7. The first-order valence-electron chi connectivity index (χ1n) is 14.8. The summed E-state index contributed by atoms with van der Waals surface area (Å²) in [5, 5.41) is 2.50. The van der Waals surface area contributed by atoms with Crippen LogP contribution in [0, 0.1) is 0 Å². The van der Waals surface area contributed by atoms with Crippen molar-refractivity contribution in [1.82, 2.24) is 4.57 Å². The van der Waals surface area contributed by atoms with Gasteiger partial charge in [0.2, 0.25) is 0 Å². The average Bonchev–Trinajstić information content (AvgIpc) is 3.44. The van der Waals surface area contributed by atoms with Crippen LogP contribution in [0.1, 0.15) is 0 Å². The van der Waals surface area contributed by atoms with Crippen LogP contribution in [-0.2, 0) is 0 Å². The molecule has 43 heavy (non-hydrogen) atoms. The monoisotopic (exact) mass is 547 g/mol. The lowest BCUT2D eigenvalue weighted by molar-refractivity contribution is 1.18. The van der Waals surface area contributed by atoms with Gasteiger partial charge in [0.15, 0.2) is 0 Å². The summed E-state index contributed by atoms with van der Waals surface area (Å²) in [6, 6.07) is 63.5. The molecule has 0 saturated carbocycles. The van der Waals surface area contributed by atoms with Gasteiger partial charge in [0, 0.05) is 22.0 Å². The van der Waals surface area contributed by atoms with Crippen LogP contribution in [0.4, 0.5) is 0 Å². The second kappa shape index (κ2) is 10.6. The van der Waals surface area contributed by atoms with Crippen molar-refractivity contribution in [2.45, 2.75) is 0 Å². The van der Waals surface area contributed by atoms with Crippen molar-refractivity contribution < 1.29 is 0 Å². The topological polar surface area (TPSA) is 4.93 Å². The summed E-state index contributed by atoms with van der Waals surface area (Å²) in [7, 11) is 0. The smallest absolute Gasteiger partial charge is 0.0619 e. The third kappa shape index (κ3) is 4.52. The number of fused-ring (bicyclic) bond motifs is 3. The minimum Gasteiger partial charge on any atom is -0.309 e. The number of aromatic nitrogens is 1. The molecule has 8 aromatic rings. The molecule has 0 spiro atoms. The summed E-state index contributed by atoms with van der Waals surface area (Å²) in [6.07, 6.45) is 0. The van der Waals surface area contributed by atoms with E-state index in [1.165, 1.54) is 66.3 Å². The molecule has 0 N–H and O–H groups in total. The van der Waals surface area contributed by atoms with Gasteiger partial charge in [0.1, 0.15) is 0 Å². The molecular weight excluding hydrogens is 518 g/mol. The average molecular weight is 548 g/mol. The summed E-state index contributed by atoms with van der Waals surface area (Å²) in [4.78, 5) is 0. The van der Waals surface area contributed by atoms with Gasteiger partial charge in [-0.05, 0) is 75.3 Å². The van der Waals surface area contributed by atoms with Crippen LogP contribution >= 0.6 is 0 Å². The van der Waals surface area contributed by atoms with Crippen LogP contribution in [0.15, 0.2) is 176 Å². The molecular formula is C42H29N. The van der Waals surface area contributed by atoms with E-state index in [2.05, 4.69) is 180 Å². The molecule has 0 unspecified atom stereocenters. The fraction of sp³-hybridized carbons (Fsp3) is 0. The first-order chi connectivity index (χ1) is 21.3. The van der Waals surface area contributed by atoms with Crippen molar-refractivity contribution in [3.8, 4) is 50.2 Å². The van der Waals surface area contributed by atoms with Gasteiger partial charge in [-0.1, -0.05) is 140 Å². The second-order valence-corrected chi connectivity index (χ2v) is 11.0. The largest absolute Gasteiger partial charge is 0.309 e. The molecule has 1 nitrogen and oxygen atoms in total. The van der Waals surface area contributed by atoms with Gasteiger partial charge in [-0.3, -0.25) is 0 Å². The maximum atomic E-state index is 2.47. The molecule has 0 aliphatic heterocycles. The zero-order valence-corrected chi connectivity index (χ0v) is 23.7. The van der Waals surface area contributed by atoms with Gasteiger partial charge in [-0.2, -0.15) is 0 Å². The molecule has 1 heteroatoms. The summed E-state index contributed by atoms with van der Waals surface area (Å²) in [6.45, 7) is 0. The van der Waals surface area contributed by atoms with Crippen LogP contribution < -0.4 is 0 Å². The summed E-state index contributed by atoms with van der Waals surface area (Å²) in [5.41, 5.74) is 13.2. The molecule has 8 rings (SSSR count). The fourth-order valence-electron chi connectivity index (χ4n) is 6.34. The molecule has 0 amide bonds. The number of hydrogen-bond acceptors (Lipinski definition) is 0. The third-order valence-corrected chi connectivity index (χ3v) is 8.35. The molecule has 0 radical (unpaired) electrons. The first kappa shape index (κ1) is 25.1. The Morgan fingerprint density at radius 1 is 0.302 bits per heavy atom. The molecule has 0 saturated heterocycles. The minimum atomic E-state index is 1.15. The zero-order chi connectivity index (χ0) is 28.6. The minimum absolute atomic E-state index is 1.15. The van der Waals surface area contributed by atoms with Gasteiger partial charge in [-0.15, -0.1) is 0 Å². The predicted molar refractivity (Wildman–Crippen MR) is 183 cm³/mol. The number of para-hydroxylation sites is 1. The van der Waals surface area contributed by atoms with Gasteiger partial charge in [-0.25, -0.2) is 0 Å². The summed E-state index contributed by atoms with van der Waals surface area (Å²) >= 11 is 0. The number of nitrogens with zero attached hydrogens (tertiary/aromatic N) is 1. The molecule has 0 atom stereocenters. The van der Waals surface area contributed by atoms with Gasteiger partial charge >= 0.3 is 0 Å².